The third-order valence-corrected chi connectivity index (χ3v) is 6.08. The number of alkyl halides is 3. The van der Waals surface area contributed by atoms with Gasteiger partial charge in [0.2, 0.25) is 5.91 Å². The summed E-state index contributed by atoms with van der Waals surface area (Å²) in [5, 5.41) is 0. The predicted octanol–water partition coefficient (Wildman–Crippen LogP) is 5.26. The third-order valence-electron chi connectivity index (χ3n) is 4.83. The van der Waals surface area contributed by atoms with Crippen LogP contribution in [-0.4, -0.2) is 25.3 Å². The fourth-order valence-corrected chi connectivity index (χ4v) is 3.83. The summed E-state index contributed by atoms with van der Waals surface area (Å²) in [5.41, 5.74) is -0.300. The molecular weight excluding hydrogens is 431 g/mol. The van der Waals surface area contributed by atoms with Crippen LogP contribution in [0, 0.1) is 5.92 Å². The monoisotopic (exact) mass is 457 g/mol. The smallest absolute Gasteiger partial charge is 0.379 e. The van der Waals surface area contributed by atoms with Gasteiger partial charge in [-0.25, -0.2) is 0 Å². The quantitative estimate of drug-likeness (QED) is 0.508. The van der Waals surface area contributed by atoms with Crippen molar-refractivity contribution in [2.75, 3.05) is 0 Å². The standard InChI is InChI=1S/C22H26F3NO4S/c1-5-16(4)26(21(27)15(2)3)14-17-9-11-19(12-10-17)30-31(28,29)20-8-6-7-18(13-20)22(23,24)25/h6-13,15-16H,5,14H2,1-4H3. The highest BCUT2D eigenvalue weighted by atomic mass is 32.2. The molecule has 2 rings (SSSR count). The predicted molar refractivity (Wildman–Crippen MR) is 111 cm³/mol. The average molecular weight is 458 g/mol. The van der Waals surface area contributed by atoms with Gasteiger partial charge in [0.1, 0.15) is 10.6 Å². The first kappa shape index (κ1) is 24.7. The highest BCUT2D eigenvalue weighted by Crippen LogP contribution is 2.31. The number of carbonyl (C=O) groups is 1. The normalized spacial score (nSPS) is 13.2. The first-order valence-electron chi connectivity index (χ1n) is 9.86. The Labute approximate surface area is 181 Å². The van der Waals surface area contributed by atoms with Crippen LogP contribution in [0.5, 0.6) is 5.75 Å². The van der Waals surface area contributed by atoms with Crippen LogP contribution in [0.1, 0.15) is 45.2 Å². The number of rotatable bonds is 8. The average Bonchev–Trinajstić information content (AvgIpc) is 2.71. The van der Waals surface area contributed by atoms with Crippen molar-refractivity contribution in [2.24, 2.45) is 5.92 Å². The second kappa shape index (κ2) is 9.72. The zero-order valence-corrected chi connectivity index (χ0v) is 18.6. The lowest BCUT2D eigenvalue weighted by Gasteiger charge is -2.30. The Morgan fingerprint density at radius 2 is 1.68 bits per heavy atom. The highest BCUT2D eigenvalue weighted by Gasteiger charge is 2.32. The van der Waals surface area contributed by atoms with E-state index in [2.05, 4.69) is 0 Å². The Balaban J connectivity index is 2.19. The van der Waals surface area contributed by atoms with Gasteiger partial charge in [0.25, 0.3) is 0 Å². The highest BCUT2D eigenvalue weighted by molar-refractivity contribution is 7.87. The maximum Gasteiger partial charge on any atom is 0.416 e. The van der Waals surface area contributed by atoms with E-state index in [0.29, 0.717) is 12.6 Å². The van der Waals surface area contributed by atoms with Gasteiger partial charge in [-0.3, -0.25) is 4.79 Å². The molecule has 0 heterocycles. The molecule has 5 nitrogen and oxygen atoms in total. The third kappa shape index (κ3) is 6.46. The summed E-state index contributed by atoms with van der Waals surface area (Å²) < 4.78 is 68.4. The molecule has 0 aliphatic heterocycles. The number of halogens is 3. The fourth-order valence-electron chi connectivity index (χ4n) is 2.85. The maximum absolute atomic E-state index is 12.9. The molecule has 0 aliphatic carbocycles. The minimum absolute atomic E-state index is 0.0156. The van der Waals surface area contributed by atoms with Crippen molar-refractivity contribution in [3.05, 3.63) is 59.7 Å². The Bertz CT molecular complexity index is 1000. The van der Waals surface area contributed by atoms with E-state index in [1.807, 2.05) is 27.7 Å². The van der Waals surface area contributed by atoms with E-state index in [0.717, 1.165) is 30.2 Å². The van der Waals surface area contributed by atoms with E-state index in [9.17, 15) is 26.4 Å². The largest absolute Gasteiger partial charge is 0.416 e. The van der Waals surface area contributed by atoms with Crippen LogP contribution in [0.25, 0.3) is 0 Å². The van der Waals surface area contributed by atoms with Gasteiger partial charge in [-0.1, -0.05) is 39.0 Å². The molecule has 0 spiro atoms. The lowest BCUT2D eigenvalue weighted by atomic mass is 10.1. The van der Waals surface area contributed by atoms with E-state index >= 15 is 0 Å². The van der Waals surface area contributed by atoms with Crippen LogP contribution >= 0.6 is 0 Å². The second-order valence-electron chi connectivity index (χ2n) is 7.59. The van der Waals surface area contributed by atoms with E-state index in [-0.39, 0.29) is 23.6 Å². The van der Waals surface area contributed by atoms with Gasteiger partial charge in [-0.2, -0.15) is 21.6 Å². The van der Waals surface area contributed by atoms with E-state index in [4.69, 9.17) is 4.18 Å². The van der Waals surface area contributed by atoms with E-state index in [1.54, 1.807) is 17.0 Å². The number of hydrogen-bond acceptors (Lipinski definition) is 4. The van der Waals surface area contributed by atoms with Gasteiger partial charge < -0.3 is 9.08 Å². The van der Waals surface area contributed by atoms with Crippen LogP contribution in [0.15, 0.2) is 53.4 Å². The Morgan fingerprint density at radius 1 is 1.06 bits per heavy atom. The van der Waals surface area contributed by atoms with Crippen molar-refractivity contribution >= 4 is 16.0 Å². The molecule has 2 aromatic carbocycles. The van der Waals surface area contributed by atoms with Crippen LogP contribution < -0.4 is 4.18 Å². The van der Waals surface area contributed by atoms with E-state index < -0.39 is 26.8 Å². The molecule has 31 heavy (non-hydrogen) atoms. The molecule has 0 aromatic heterocycles. The zero-order valence-electron chi connectivity index (χ0n) is 17.8. The van der Waals surface area contributed by atoms with Crippen molar-refractivity contribution in [2.45, 2.75) is 57.8 Å². The van der Waals surface area contributed by atoms with Gasteiger partial charge >= 0.3 is 16.3 Å². The van der Waals surface area contributed by atoms with Crippen molar-refractivity contribution in [3.63, 3.8) is 0 Å². The molecule has 9 heteroatoms. The number of hydrogen-bond donors (Lipinski definition) is 0. The van der Waals surface area contributed by atoms with Crippen LogP contribution in [0.2, 0.25) is 0 Å². The fraction of sp³-hybridized carbons (Fsp3) is 0.409. The Morgan fingerprint density at radius 3 is 2.19 bits per heavy atom. The molecule has 0 N–H and O–H groups in total. The Kier molecular flexibility index (Phi) is 7.75. The minimum Gasteiger partial charge on any atom is -0.379 e. The molecule has 0 saturated heterocycles. The van der Waals surface area contributed by atoms with Crippen molar-refractivity contribution < 1.29 is 30.6 Å². The molecule has 0 aliphatic rings. The zero-order chi connectivity index (χ0) is 23.4. The molecule has 170 valence electrons. The van der Waals surface area contributed by atoms with Crippen LogP contribution in [0.4, 0.5) is 13.2 Å². The lowest BCUT2D eigenvalue weighted by Crippen LogP contribution is -2.40. The summed E-state index contributed by atoms with van der Waals surface area (Å²) in [6.45, 7) is 7.95. The summed E-state index contributed by atoms with van der Waals surface area (Å²) in [7, 11) is -4.44. The van der Waals surface area contributed by atoms with Crippen molar-refractivity contribution in [1.82, 2.24) is 4.90 Å². The van der Waals surface area contributed by atoms with Gasteiger partial charge in [-0.05, 0) is 49.2 Å². The number of amides is 1. The summed E-state index contributed by atoms with van der Waals surface area (Å²) >= 11 is 0. The van der Waals surface area contributed by atoms with Gasteiger partial charge in [0.05, 0.1) is 5.56 Å². The summed E-state index contributed by atoms with van der Waals surface area (Å²) in [6, 6.07) is 9.48. The lowest BCUT2D eigenvalue weighted by molar-refractivity contribution is -0.138. The van der Waals surface area contributed by atoms with Crippen LogP contribution in [-0.2, 0) is 27.6 Å². The molecule has 1 unspecified atom stereocenters. The second-order valence-corrected chi connectivity index (χ2v) is 9.13. The Hall–Kier alpha value is -2.55. The summed E-state index contributed by atoms with van der Waals surface area (Å²) in [4.78, 5) is 13.7. The first-order chi connectivity index (χ1) is 14.3. The molecule has 1 atom stereocenters. The van der Waals surface area contributed by atoms with Gasteiger partial charge in [0.15, 0.2) is 0 Å². The molecule has 0 fully saturated rings. The number of nitrogens with zero attached hydrogens (tertiary/aromatic N) is 1. The van der Waals surface area contributed by atoms with Crippen LogP contribution in [0.3, 0.4) is 0 Å². The number of benzene rings is 2. The molecule has 0 bridgehead atoms. The van der Waals surface area contributed by atoms with Gasteiger partial charge in [0, 0.05) is 18.5 Å². The maximum atomic E-state index is 12.9. The summed E-state index contributed by atoms with van der Waals surface area (Å²) in [5.74, 6) is -0.178. The molecular formula is C22H26F3NO4S. The number of carbonyl (C=O) groups excluding carboxylic acids is 1. The SMILES string of the molecule is CCC(C)N(Cc1ccc(OS(=O)(=O)c2cccc(C(F)(F)F)c2)cc1)C(=O)C(C)C. The first-order valence-corrected chi connectivity index (χ1v) is 11.3. The molecule has 0 radical (unpaired) electrons. The van der Waals surface area contributed by atoms with Crippen molar-refractivity contribution in [1.29, 1.82) is 0 Å². The molecule has 1 amide bonds. The topological polar surface area (TPSA) is 63.7 Å². The van der Waals surface area contributed by atoms with E-state index in [1.165, 1.54) is 12.1 Å². The molecule has 0 saturated carbocycles. The minimum atomic E-state index is -4.66. The van der Waals surface area contributed by atoms with Crippen molar-refractivity contribution in [3.8, 4) is 5.75 Å². The van der Waals surface area contributed by atoms with Gasteiger partial charge in [-0.15, -0.1) is 0 Å². The summed E-state index contributed by atoms with van der Waals surface area (Å²) in [6.07, 6.45) is -3.88. The molecule has 2 aromatic rings.